The van der Waals surface area contributed by atoms with Gasteiger partial charge >= 0.3 is 0 Å². The summed E-state index contributed by atoms with van der Waals surface area (Å²) in [6.07, 6.45) is -1.32. The summed E-state index contributed by atoms with van der Waals surface area (Å²) < 4.78 is 0. The van der Waals surface area contributed by atoms with Crippen molar-refractivity contribution in [2.45, 2.75) is 12.4 Å². The maximum atomic E-state index is 9.02. The molecule has 2 atom stereocenters. The Bertz CT molecular complexity index is 269. The van der Waals surface area contributed by atoms with E-state index < -0.39 is 12.4 Å². The van der Waals surface area contributed by atoms with Crippen molar-refractivity contribution in [1.82, 2.24) is 0 Å². The predicted octanol–water partition coefficient (Wildman–Crippen LogP) is 0.713. The van der Waals surface area contributed by atoms with E-state index in [1.54, 1.807) is 12.1 Å². The van der Waals surface area contributed by atoms with Gasteiger partial charge in [-0.3, -0.25) is 0 Å². The fraction of sp³-hybridized carbons (Fsp3) is 0.250. The number of rotatable bonds is 1. The average Bonchev–Trinajstić information content (AvgIpc) is 2.06. The van der Waals surface area contributed by atoms with Crippen LogP contribution in [0, 0.1) is 0 Å². The second-order valence-electron chi connectivity index (χ2n) is 2.60. The molecule has 2 N–H and O–H groups in total. The summed E-state index contributed by atoms with van der Waals surface area (Å²) >= 11 is 0. The van der Waals surface area contributed by atoms with Gasteiger partial charge in [-0.2, -0.15) is 0 Å². The van der Waals surface area contributed by atoms with Crippen molar-refractivity contribution >= 4 is 0 Å². The molecule has 64 valence electrons. The quantitative estimate of drug-likeness (QED) is 0.606. The molecule has 12 heavy (non-hydrogen) atoms. The van der Waals surface area contributed by atoms with E-state index in [9.17, 15) is 0 Å². The van der Waals surface area contributed by atoms with Crippen LogP contribution in [0.4, 0.5) is 0 Å². The van der Waals surface area contributed by atoms with Crippen LogP contribution in [-0.4, -0.2) is 16.5 Å². The lowest BCUT2D eigenvalue weighted by Gasteiger charge is -2.30. The van der Waals surface area contributed by atoms with Gasteiger partial charge in [-0.05, 0) is 17.7 Å². The molecule has 1 saturated heterocycles. The summed E-state index contributed by atoms with van der Waals surface area (Å²) in [7, 11) is 0. The lowest BCUT2D eigenvalue weighted by Crippen LogP contribution is -2.34. The van der Waals surface area contributed by atoms with Crippen molar-refractivity contribution in [3.8, 4) is 5.75 Å². The van der Waals surface area contributed by atoms with Gasteiger partial charge in [0.2, 0.25) is 6.29 Å². The maximum absolute atomic E-state index is 9.02. The highest BCUT2D eigenvalue weighted by atomic mass is 17.3. The van der Waals surface area contributed by atoms with Gasteiger partial charge in [0.15, 0.2) is 6.10 Å². The van der Waals surface area contributed by atoms with Crippen LogP contribution in [0.3, 0.4) is 0 Å². The normalized spacial score (nSPS) is 28.1. The van der Waals surface area contributed by atoms with Gasteiger partial charge in [-0.1, -0.05) is 12.1 Å². The van der Waals surface area contributed by atoms with Crippen LogP contribution in [0.15, 0.2) is 24.3 Å². The van der Waals surface area contributed by atoms with E-state index in [0.717, 1.165) is 5.56 Å². The first-order valence-corrected chi connectivity index (χ1v) is 3.56. The van der Waals surface area contributed by atoms with Gasteiger partial charge in [0.1, 0.15) is 5.75 Å². The number of benzene rings is 1. The zero-order chi connectivity index (χ0) is 8.55. The molecule has 0 bridgehead atoms. The van der Waals surface area contributed by atoms with Crippen molar-refractivity contribution in [3.63, 3.8) is 0 Å². The minimum atomic E-state index is -0.894. The zero-order valence-corrected chi connectivity index (χ0v) is 6.18. The molecule has 1 aromatic carbocycles. The molecular formula is C8H8O4. The molecule has 0 radical (unpaired) electrons. The molecule has 0 aliphatic carbocycles. The molecule has 2 unspecified atom stereocenters. The third-order valence-corrected chi connectivity index (χ3v) is 1.74. The van der Waals surface area contributed by atoms with Crippen molar-refractivity contribution < 1.29 is 20.0 Å². The van der Waals surface area contributed by atoms with Crippen LogP contribution in [0.5, 0.6) is 5.75 Å². The third-order valence-electron chi connectivity index (χ3n) is 1.74. The van der Waals surface area contributed by atoms with Gasteiger partial charge in [0.25, 0.3) is 0 Å². The molecule has 0 spiro atoms. The largest absolute Gasteiger partial charge is 0.508 e. The van der Waals surface area contributed by atoms with Gasteiger partial charge in [-0.15, -0.1) is 0 Å². The summed E-state index contributed by atoms with van der Waals surface area (Å²) in [6.45, 7) is 0. The highest BCUT2D eigenvalue weighted by molar-refractivity contribution is 5.27. The number of phenolic OH excluding ortho intramolecular Hbond substituents is 1. The lowest BCUT2D eigenvalue weighted by molar-refractivity contribution is -0.517. The van der Waals surface area contributed by atoms with Crippen LogP contribution in [-0.2, 0) is 9.78 Å². The highest BCUT2D eigenvalue weighted by Gasteiger charge is 2.34. The molecule has 1 heterocycles. The molecule has 2 rings (SSSR count). The van der Waals surface area contributed by atoms with E-state index in [1.807, 2.05) is 0 Å². The minimum absolute atomic E-state index is 0.188. The lowest BCUT2D eigenvalue weighted by atomic mass is 10.1. The summed E-state index contributed by atoms with van der Waals surface area (Å²) in [5, 5.41) is 18.0. The Labute approximate surface area is 68.9 Å². The molecule has 1 aromatic rings. The van der Waals surface area contributed by atoms with Crippen molar-refractivity contribution in [2.24, 2.45) is 0 Å². The number of hydrogen-bond donors (Lipinski definition) is 2. The van der Waals surface area contributed by atoms with Gasteiger partial charge < -0.3 is 10.2 Å². The van der Waals surface area contributed by atoms with Crippen LogP contribution in [0.2, 0.25) is 0 Å². The average molecular weight is 168 g/mol. The van der Waals surface area contributed by atoms with Gasteiger partial charge in [-0.25, -0.2) is 9.78 Å². The third kappa shape index (κ3) is 1.16. The Morgan fingerprint density at radius 2 is 1.75 bits per heavy atom. The predicted molar refractivity (Wildman–Crippen MR) is 39.0 cm³/mol. The standard InChI is InChI=1S/C8H8O4/c9-6-3-1-5(2-4-6)7-8(10)12-11-7/h1-4,7-10H. The minimum Gasteiger partial charge on any atom is -0.508 e. The Balaban J connectivity index is 2.18. The number of hydrogen-bond acceptors (Lipinski definition) is 4. The number of aliphatic hydroxyl groups excluding tert-OH is 1. The monoisotopic (exact) mass is 168 g/mol. The highest BCUT2D eigenvalue weighted by Crippen LogP contribution is 2.31. The fourth-order valence-corrected chi connectivity index (χ4v) is 1.04. The maximum Gasteiger partial charge on any atom is 0.222 e. The second-order valence-corrected chi connectivity index (χ2v) is 2.60. The van der Waals surface area contributed by atoms with Crippen molar-refractivity contribution in [3.05, 3.63) is 29.8 Å². The summed E-state index contributed by atoms with van der Waals surface area (Å²) in [6, 6.07) is 6.41. The molecule has 1 aliphatic rings. The fourth-order valence-electron chi connectivity index (χ4n) is 1.04. The SMILES string of the molecule is Oc1ccc(C2OOC2O)cc1. The van der Waals surface area contributed by atoms with E-state index >= 15 is 0 Å². The Morgan fingerprint density at radius 1 is 1.08 bits per heavy atom. The van der Waals surface area contributed by atoms with E-state index in [-0.39, 0.29) is 5.75 Å². The Morgan fingerprint density at radius 3 is 2.17 bits per heavy atom. The molecule has 0 aromatic heterocycles. The van der Waals surface area contributed by atoms with Gasteiger partial charge in [0, 0.05) is 0 Å². The van der Waals surface area contributed by atoms with Crippen LogP contribution >= 0.6 is 0 Å². The topological polar surface area (TPSA) is 58.9 Å². The van der Waals surface area contributed by atoms with E-state index in [4.69, 9.17) is 10.2 Å². The van der Waals surface area contributed by atoms with Crippen molar-refractivity contribution in [1.29, 1.82) is 0 Å². The first-order chi connectivity index (χ1) is 5.77. The first-order valence-electron chi connectivity index (χ1n) is 3.56. The van der Waals surface area contributed by atoms with E-state index in [2.05, 4.69) is 9.78 Å². The number of aliphatic hydroxyl groups is 1. The van der Waals surface area contributed by atoms with E-state index in [1.165, 1.54) is 12.1 Å². The van der Waals surface area contributed by atoms with Crippen molar-refractivity contribution in [2.75, 3.05) is 0 Å². The van der Waals surface area contributed by atoms with Gasteiger partial charge in [0.05, 0.1) is 0 Å². The summed E-state index contributed by atoms with van der Waals surface area (Å²) in [5.74, 6) is 0.188. The van der Waals surface area contributed by atoms with Crippen LogP contribution in [0.25, 0.3) is 0 Å². The van der Waals surface area contributed by atoms with E-state index in [0.29, 0.717) is 0 Å². The molecule has 1 fully saturated rings. The molecule has 4 heteroatoms. The molecule has 0 amide bonds. The summed E-state index contributed by atoms with van der Waals surface area (Å²) in [5.41, 5.74) is 0.784. The summed E-state index contributed by atoms with van der Waals surface area (Å²) in [4.78, 5) is 8.96. The Kier molecular flexibility index (Phi) is 1.73. The second kappa shape index (κ2) is 2.75. The van der Waals surface area contributed by atoms with Crippen LogP contribution in [0.1, 0.15) is 11.7 Å². The smallest absolute Gasteiger partial charge is 0.222 e. The number of phenols is 1. The van der Waals surface area contributed by atoms with Crippen LogP contribution < -0.4 is 0 Å². The Hall–Kier alpha value is -1.10. The molecule has 4 nitrogen and oxygen atoms in total. The zero-order valence-electron chi connectivity index (χ0n) is 6.18. The molecule has 0 saturated carbocycles. The molecule has 1 aliphatic heterocycles. The molecular weight excluding hydrogens is 160 g/mol. The number of aromatic hydroxyl groups is 1. The first kappa shape index (κ1) is 7.54.